The van der Waals surface area contributed by atoms with Gasteiger partial charge >= 0.3 is 24.4 Å². The Morgan fingerprint density at radius 3 is 1.27 bits per heavy atom. The van der Waals surface area contributed by atoms with Gasteiger partial charge in [0.1, 0.15) is 22.4 Å². The summed E-state index contributed by atoms with van der Waals surface area (Å²) in [6, 6.07) is 14.4. The van der Waals surface area contributed by atoms with Crippen LogP contribution in [-0.2, 0) is 18.9 Å². The van der Waals surface area contributed by atoms with Crippen molar-refractivity contribution in [1.82, 2.24) is 20.4 Å². The number of benzene rings is 2. The van der Waals surface area contributed by atoms with Crippen LogP contribution in [0.4, 0.5) is 30.6 Å². The maximum absolute atomic E-state index is 13.0. The van der Waals surface area contributed by atoms with E-state index in [1.165, 1.54) is 21.6 Å². The lowest BCUT2D eigenvalue weighted by atomic mass is 10.2. The zero-order valence-electron chi connectivity index (χ0n) is 31.5. The van der Waals surface area contributed by atoms with E-state index in [4.69, 9.17) is 18.9 Å². The van der Waals surface area contributed by atoms with Crippen molar-refractivity contribution in [2.24, 2.45) is 9.98 Å². The molecule has 0 unspecified atom stereocenters. The molecule has 1 aliphatic heterocycles. The fraction of sp³-hybridized carbons (Fsp3) is 0.500. The van der Waals surface area contributed by atoms with E-state index in [9.17, 15) is 19.2 Å². The van der Waals surface area contributed by atoms with Crippen LogP contribution in [0.1, 0.15) is 83.1 Å². The first kappa shape index (κ1) is 40.6. The number of rotatable bonds is 4. The maximum Gasteiger partial charge on any atom is 0.417 e. The predicted molar refractivity (Wildman–Crippen MR) is 196 cm³/mol. The Bertz CT molecular complexity index is 1560. The molecule has 0 spiro atoms. The van der Waals surface area contributed by atoms with Crippen molar-refractivity contribution in [1.29, 1.82) is 0 Å². The summed E-state index contributed by atoms with van der Waals surface area (Å²) in [6.45, 7) is 21.4. The van der Waals surface area contributed by atoms with Crippen LogP contribution in [0.2, 0.25) is 0 Å². The van der Waals surface area contributed by atoms with Gasteiger partial charge in [0.15, 0.2) is 0 Å². The fourth-order valence-electron chi connectivity index (χ4n) is 4.09. The summed E-state index contributed by atoms with van der Waals surface area (Å²) in [5.41, 5.74) is -2.02. The zero-order chi connectivity index (χ0) is 38.4. The molecule has 2 aromatic carbocycles. The van der Waals surface area contributed by atoms with E-state index in [1.54, 1.807) is 107 Å². The number of carbonyl (C=O) groups excluding carboxylic acids is 4. The van der Waals surface area contributed by atoms with E-state index in [0.717, 1.165) is 9.79 Å². The minimum Gasteiger partial charge on any atom is -0.444 e. The molecule has 0 saturated carbocycles. The molecule has 0 aromatic heterocycles. The second-order valence-electron chi connectivity index (χ2n) is 15.5. The number of amides is 4. The molecule has 14 nitrogen and oxygen atoms in total. The standard InChI is InChI=1S/C36H50N6O8S/c1-33(2,3)47-29(43)39-27(40-30(44)48-34(4,5)6)37-23-13-17-25(18-14-23)51-26-19-15-24(16-20-26)38-28-41(31(45)49-35(7,8)9)21-22-42(28)32(46)50-36(10,11)12/h13-20H,21-22H2,1-12H3,(H2,37,39,40,43,44). The fourth-order valence-corrected chi connectivity index (χ4v) is 4.91. The van der Waals surface area contributed by atoms with Crippen LogP contribution in [0.5, 0.6) is 0 Å². The molecular formula is C36H50N6O8S. The Hall–Kier alpha value is -4.79. The molecule has 0 radical (unpaired) electrons. The largest absolute Gasteiger partial charge is 0.444 e. The highest BCUT2D eigenvalue weighted by atomic mass is 32.2. The lowest BCUT2D eigenvalue weighted by Crippen LogP contribution is -2.47. The van der Waals surface area contributed by atoms with E-state index in [1.807, 2.05) is 24.3 Å². The first-order valence-corrected chi connectivity index (χ1v) is 17.2. The molecule has 1 heterocycles. The average Bonchev–Trinajstić information content (AvgIpc) is 3.35. The first-order chi connectivity index (χ1) is 23.4. The molecule has 4 amide bonds. The number of guanidine groups is 2. The molecule has 3 rings (SSSR count). The first-order valence-electron chi connectivity index (χ1n) is 16.4. The Kier molecular flexibility index (Phi) is 12.8. The second kappa shape index (κ2) is 16.0. The van der Waals surface area contributed by atoms with Crippen molar-refractivity contribution < 1.29 is 38.1 Å². The molecule has 0 atom stereocenters. The normalized spacial score (nSPS) is 13.6. The molecule has 2 aromatic rings. The number of ether oxygens (including phenoxy) is 4. The van der Waals surface area contributed by atoms with E-state index in [2.05, 4.69) is 20.6 Å². The van der Waals surface area contributed by atoms with Crippen molar-refractivity contribution in [3.63, 3.8) is 0 Å². The topological polar surface area (TPSA) is 160 Å². The van der Waals surface area contributed by atoms with Gasteiger partial charge in [-0.15, -0.1) is 0 Å². The van der Waals surface area contributed by atoms with Crippen LogP contribution in [-0.4, -0.2) is 81.6 Å². The molecule has 278 valence electrons. The van der Waals surface area contributed by atoms with E-state index >= 15 is 0 Å². The van der Waals surface area contributed by atoms with Crippen LogP contribution in [0.25, 0.3) is 0 Å². The lowest BCUT2D eigenvalue weighted by Gasteiger charge is -2.27. The second-order valence-corrected chi connectivity index (χ2v) is 16.6. The summed E-state index contributed by atoms with van der Waals surface area (Å²) >= 11 is 1.48. The molecule has 0 aliphatic carbocycles. The Labute approximate surface area is 304 Å². The summed E-state index contributed by atoms with van der Waals surface area (Å²) in [6.07, 6.45) is -2.80. The number of alkyl carbamates (subject to hydrolysis) is 2. The highest BCUT2D eigenvalue weighted by Crippen LogP contribution is 2.31. The smallest absolute Gasteiger partial charge is 0.417 e. The third-order valence-electron chi connectivity index (χ3n) is 5.88. The molecule has 1 aliphatic rings. The van der Waals surface area contributed by atoms with Crippen LogP contribution in [0, 0.1) is 0 Å². The van der Waals surface area contributed by atoms with E-state index < -0.39 is 46.8 Å². The van der Waals surface area contributed by atoms with Crippen LogP contribution in [0.15, 0.2) is 68.3 Å². The number of carbonyl (C=O) groups is 4. The van der Waals surface area contributed by atoms with Gasteiger partial charge in [-0.05, 0) is 132 Å². The number of aliphatic imine (C=N–C) groups is 2. The average molecular weight is 727 g/mol. The number of hydrogen-bond acceptors (Lipinski definition) is 11. The molecule has 0 bridgehead atoms. The lowest BCUT2D eigenvalue weighted by molar-refractivity contribution is 0.0371. The van der Waals surface area contributed by atoms with Crippen LogP contribution >= 0.6 is 11.8 Å². The van der Waals surface area contributed by atoms with Gasteiger partial charge in [0.2, 0.25) is 11.9 Å². The number of nitrogens with one attached hydrogen (secondary N) is 2. The molecule has 15 heteroatoms. The molecule has 2 N–H and O–H groups in total. The quantitative estimate of drug-likeness (QED) is 0.179. The van der Waals surface area contributed by atoms with Crippen molar-refractivity contribution in [3.05, 3.63) is 48.5 Å². The van der Waals surface area contributed by atoms with Gasteiger partial charge in [0.05, 0.1) is 24.5 Å². The number of nitrogens with zero attached hydrogens (tertiary/aromatic N) is 4. The van der Waals surface area contributed by atoms with Crippen molar-refractivity contribution in [2.45, 2.75) is 115 Å². The minimum absolute atomic E-state index is 0.122. The van der Waals surface area contributed by atoms with Gasteiger partial charge in [0, 0.05) is 9.79 Å². The summed E-state index contributed by atoms with van der Waals surface area (Å²) < 4.78 is 21.7. The summed E-state index contributed by atoms with van der Waals surface area (Å²) in [7, 11) is 0. The third-order valence-corrected chi connectivity index (χ3v) is 6.89. The Morgan fingerprint density at radius 2 is 0.922 bits per heavy atom. The van der Waals surface area contributed by atoms with Crippen LogP contribution in [0.3, 0.4) is 0 Å². The Morgan fingerprint density at radius 1 is 0.569 bits per heavy atom. The monoisotopic (exact) mass is 726 g/mol. The highest BCUT2D eigenvalue weighted by Gasteiger charge is 2.39. The maximum atomic E-state index is 13.0. The molecule has 1 fully saturated rings. The summed E-state index contributed by atoms with van der Waals surface area (Å²) in [5.74, 6) is -0.0365. The predicted octanol–water partition coefficient (Wildman–Crippen LogP) is 8.35. The summed E-state index contributed by atoms with van der Waals surface area (Å²) in [4.78, 5) is 64.4. The minimum atomic E-state index is -0.791. The van der Waals surface area contributed by atoms with Gasteiger partial charge in [-0.1, -0.05) is 11.8 Å². The van der Waals surface area contributed by atoms with Gasteiger partial charge in [-0.2, -0.15) is 0 Å². The van der Waals surface area contributed by atoms with E-state index in [0.29, 0.717) is 11.4 Å². The van der Waals surface area contributed by atoms with Gasteiger partial charge in [-0.25, -0.2) is 39.0 Å². The zero-order valence-corrected chi connectivity index (χ0v) is 32.3. The van der Waals surface area contributed by atoms with Crippen molar-refractivity contribution >= 4 is 59.4 Å². The Balaban J connectivity index is 1.79. The van der Waals surface area contributed by atoms with Gasteiger partial charge in [0.25, 0.3) is 0 Å². The number of hydrogen-bond donors (Lipinski definition) is 2. The summed E-state index contributed by atoms with van der Waals surface area (Å²) in [5, 5.41) is 4.93. The van der Waals surface area contributed by atoms with Gasteiger partial charge < -0.3 is 18.9 Å². The molecule has 51 heavy (non-hydrogen) atoms. The SMILES string of the molecule is CC(C)(C)OC(=O)NC(=Nc1ccc(Sc2ccc(N=C3N(C(=O)OC(C)(C)C)CCN3C(=O)OC(C)(C)C)cc2)cc1)NC(=O)OC(C)(C)C. The van der Waals surface area contributed by atoms with Crippen molar-refractivity contribution in [2.75, 3.05) is 13.1 Å². The van der Waals surface area contributed by atoms with Crippen molar-refractivity contribution in [3.8, 4) is 0 Å². The molecule has 1 saturated heterocycles. The third kappa shape index (κ3) is 14.5. The van der Waals surface area contributed by atoms with Gasteiger partial charge in [-0.3, -0.25) is 10.6 Å². The van der Waals surface area contributed by atoms with Crippen LogP contribution < -0.4 is 10.6 Å². The van der Waals surface area contributed by atoms with E-state index in [-0.39, 0.29) is 25.0 Å². The highest BCUT2D eigenvalue weighted by molar-refractivity contribution is 7.99. The molecular weight excluding hydrogens is 676 g/mol.